The Labute approximate surface area is 72.9 Å². The number of rotatable bonds is 0. The maximum Gasteiger partial charge on any atom is 0.225 e. The largest absolute Gasteiger partial charge is 0.339 e. The van der Waals surface area contributed by atoms with Crippen LogP contribution in [0.3, 0.4) is 0 Å². The monoisotopic (exact) mass is 165 g/mol. The van der Waals surface area contributed by atoms with E-state index in [4.69, 9.17) is 0 Å². The third-order valence-corrected chi connectivity index (χ3v) is 3.95. The van der Waals surface area contributed by atoms with Gasteiger partial charge in [-0.3, -0.25) is 4.79 Å². The number of carbonyl (C=O) groups excluding carboxylic acids is 1. The summed E-state index contributed by atoms with van der Waals surface area (Å²) in [5.41, 5.74) is 0. The number of fused-ring (bicyclic) bond motifs is 4. The van der Waals surface area contributed by atoms with Gasteiger partial charge in [-0.1, -0.05) is 0 Å². The molecule has 3 fully saturated rings. The summed E-state index contributed by atoms with van der Waals surface area (Å²) in [5.74, 6) is 1.77. The van der Waals surface area contributed by atoms with Crippen molar-refractivity contribution in [3.63, 3.8) is 0 Å². The van der Waals surface area contributed by atoms with Crippen LogP contribution in [0.4, 0.5) is 0 Å². The van der Waals surface area contributed by atoms with Gasteiger partial charge in [-0.2, -0.15) is 0 Å². The van der Waals surface area contributed by atoms with Crippen molar-refractivity contribution in [3.8, 4) is 0 Å². The molecular formula is C10H15NO. The van der Waals surface area contributed by atoms with Crippen molar-refractivity contribution in [2.45, 2.75) is 38.1 Å². The number of hydrogen-bond acceptors (Lipinski definition) is 1. The van der Waals surface area contributed by atoms with Crippen molar-refractivity contribution in [1.82, 2.24) is 4.90 Å². The van der Waals surface area contributed by atoms with Gasteiger partial charge in [0.25, 0.3) is 0 Å². The van der Waals surface area contributed by atoms with E-state index in [0.717, 1.165) is 12.5 Å². The first kappa shape index (κ1) is 6.93. The Hall–Kier alpha value is -0.530. The second-order valence-corrected chi connectivity index (χ2v) is 4.51. The average Bonchev–Trinajstić information content (AvgIpc) is 2.69. The van der Waals surface area contributed by atoms with Crippen molar-refractivity contribution < 1.29 is 4.79 Å². The molecule has 3 atom stereocenters. The highest BCUT2D eigenvalue weighted by Crippen LogP contribution is 2.44. The molecule has 0 radical (unpaired) electrons. The normalized spacial score (nSPS) is 45.2. The Bertz CT molecular complexity index is 226. The van der Waals surface area contributed by atoms with Crippen molar-refractivity contribution in [2.75, 3.05) is 6.54 Å². The lowest BCUT2D eigenvalue weighted by molar-refractivity contribution is -0.139. The predicted molar refractivity (Wildman–Crippen MR) is 45.6 cm³/mol. The molecule has 1 amide bonds. The summed E-state index contributed by atoms with van der Waals surface area (Å²) in [5, 5.41) is 0. The van der Waals surface area contributed by atoms with Gasteiger partial charge in [0, 0.05) is 18.5 Å². The molecule has 0 unspecified atom stereocenters. The second-order valence-electron chi connectivity index (χ2n) is 4.51. The Balaban J connectivity index is 1.94. The fraction of sp³-hybridized carbons (Fsp3) is 0.900. The van der Waals surface area contributed by atoms with Gasteiger partial charge in [0.2, 0.25) is 5.91 Å². The van der Waals surface area contributed by atoms with Gasteiger partial charge in [-0.25, -0.2) is 0 Å². The summed E-state index contributed by atoms with van der Waals surface area (Å²) in [7, 11) is 0. The Morgan fingerprint density at radius 2 is 2.17 bits per heavy atom. The molecule has 2 saturated heterocycles. The molecule has 0 aromatic carbocycles. The van der Waals surface area contributed by atoms with Gasteiger partial charge >= 0.3 is 0 Å². The second kappa shape index (κ2) is 2.24. The van der Waals surface area contributed by atoms with Gasteiger partial charge in [0.15, 0.2) is 0 Å². The van der Waals surface area contributed by atoms with E-state index in [9.17, 15) is 4.79 Å². The number of piperidine rings is 1. The van der Waals surface area contributed by atoms with Gasteiger partial charge in [0.1, 0.15) is 0 Å². The highest BCUT2D eigenvalue weighted by atomic mass is 16.2. The zero-order chi connectivity index (χ0) is 8.13. The molecule has 1 aliphatic carbocycles. The lowest BCUT2D eigenvalue weighted by Gasteiger charge is -2.34. The Morgan fingerprint density at radius 3 is 3.08 bits per heavy atom. The first-order valence-corrected chi connectivity index (χ1v) is 5.17. The summed E-state index contributed by atoms with van der Waals surface area (Å²) in [6.45, 7) is 1.05. The highest BCUT2D eigenvalue weighted by Gasteiger charge is 2.47. The maximum atomic E-state index is 11.8. The standard InChI is InChI=1S/C10H15NO/c12-10-8-4-3-7(6-8)9-2-1-5-11(9)10/h7-9H,1-6H2/t7-,8+,9+/m1/s1. The van der Waals surface area contributed by atoms with Gasteiger partial charge in [-0.05, 0) is 38.0 Å². The molecule has 2 bridgehead atoms. The molecule has 0 spiro atoms. The third kappa shape index (κ3) is 0.732. The molecule has 3 rings (SSSR count). The van der Waals surface area contributed by atoms with E-state index >= 15 is 0 Å². The lowest BCUT2D eigenvalue weighted by Crippen LogP contribution is -2.45. The molecule has 1 saturated carbocycles. The number of amides is 1. The molecule has 2 aliphatic heterocycles. The zero-order valence-electron chi connectivity index (χ0n) is 7.33. The Morgan fingerprint density at radius 1 is 1.25 bits per heavy atom. The van der Waals surface area contributed by atoms with Gasteiger partial charge < -0.3 is 4.90 Å². The molecule has 3 aliphatic rings. The molecular weight excluding hydrogens is 150 g/mol. The van der Waals surface area contributed by atoms with E-state index in [1.807, 2.05) is 0 Å². The van der Waals surface area contributed by atoms with E-state index in [1.54, 1.807) is 0 Å². The molecule has 0 aromatic rings. The minimum Gasteiger partial charge on any atom is -0.339 e. The number of carbonyl (C=O) groups is 1. The van der Waals surface area contributed by atoms with Gasteiger partial charge in [0.05, 0.1) is 0 Å². The highest BCUT2D eigenvalue weighted by molar-refractivity contribution is 5.81. The van der Waals surface area contributed by atoms with Crippen LogP contribution in [0, 0.1) is 11.8 Å². The number of hydrogen-bond donors (Lipinski definition) is 0. The van der Waals surface area contributed by atoms with Crippen molar-refractivity contribution in [3.05, 3.63) is 0 Å². The Kier molecular flexibility index (Phi) is 1.29. The molecule has 2 heterocycles. The van der Waals surface area contributed by atoms with E-state index in [1.165, 1.54) is 32.1 Å². The summed E-state index contributed by atoms with van der Waals surface area (Å²) in [4.78, 5) is 14.0. The van der Waals surface area contributed by atoms with Crippen LogP contribution in [0.25, 0.3) is 0 Å². The maximum absolute atomic E-state index is 11.8. The van der Waals surface area contributed by atoms with Crippen LogP contribution in [-0.2, 0) is 4.79 Å². The summed E-state index contributed by atoms with van der Waals surface area (Å²) in [6.07, 6.45) is 6.23. The van der Waals surface area contributed by atoms with E-state index in [2.05, 4.69) is 4.90 Å². The van der Waals surface area contributed by atoms with Crippen molar-refractivity contribution in [2.24, 2.45) is 11.8 Å². The molecule has 12 heavy (non-hydrogen) atoms. The topological polar surface area (TPSA) is 20.3 Å². The van der Waals surface area contributed by atoms with Crippen LogP contribution in [0.2, 0.25) is 0 Å². The van der Waals surface area contributed by atoms with Crippen LogP contribution >= 0.6 is 0 Å². The van der Waals surface area contributed by atoms with Crippen LogP contribution in [0.15, 0.2) is 0 Å². The van der Waals surface area contributed by atoms with Crippen molar-refractivity contribution >= 4 is 5.91 Å². The SMILES string of the molecule is O=C1[C@H]2CC[C@H](C2)[C@@H]2CCCN12. The van der Waals surface area contributed by atoms with Crippen LogP contribution in [0.1, 0.15) is 32.1 Å². The summed E-state index contributed by atoms with van der Waals surface area (Å²) >= 11 is 0. The lowest BCUT2D eigenvalue weighted by atomic mass is 9.90. The fourth-order valence-corrected chi connectivity index (χ4v) is 3.38. The molecule has 0 N–H and O–H groups in total. The third-order valence-electron chi connectivity index (χ3n) is 3.95. The average molecular weight is 165 g/mol. The molecule has 2 heteroatoms. The van der Waals surface area contributed by atoms with E-state index < -0.39 is 0 Å². The summed E-state index contributed by atoms with van der Waals surface area (Å²) in [6, 6.07) is 0.649. The summed E-state index contributed by atoms with van der Waals surface area (Å²) < 4.78 is 0. The van der Waals surface area contributed by atoms with Gasteiger partial charge in [-0.15, -0.1) is 0 Å². The number of nitrogens with zero attached hydrogens (tertiary/aromatic N) is 1. The molecule has 0 aromatic heterocycles. The quantitative estimate of drug-likeness (QED) is 0.531. The fourth-order valence-electron chi connectivity index (χ4n) is 3.38. The predicted octanol–water partition coefficient (Wildman–Crippen LogP) is 1.41. The van der Waals surface area contributed by atoms with Crippen LogP contribution in [0.5, 0.6) is 0 Å². The van der Waals surface area contributed by atoms with Crippen LogP contribution < -0.4 is 0 Å². The minimum atomic E-state index is 0.421. The smallest absolute Gasteiger partial charge is 0.225 e. The minimum absolute atomic E-state index is 0.421. The van der Waals surface area contributed by atoms with E-state index in [0.29, 0.717) is 17.9 Å². The first-order chi connectivity index (χ1) is 5.86. The molecule has 66 valence electrons. The van der Waals surface area contributed by atoms with E-state index in [-0.39, 0.29) is 0 Å². The first-order valence-electron chi connectivity index (χ1n) is 5.17. The van der Waals surface area contributed by atoms with Crippen LogP contribution in [-0.4, -0.2) is 23.4 Å². The van der Waals surface area contributed by atoms with Crippen molar-refractivity contribution in [1.29, 1.82) is 0 Å². The zero-order valence-corrected chi connectivity index (χ0v) is 7.33. The molecule has 2 nitrogen and oxygen atoms in total.